The highest BCUT2D eigenvalue weighted by atomic mass is 35.5. The smallest absolute Gasteiger partial charge is 0.274 e. The second-order valence-corrected chi connectivity index (χ2v) is 13.8. The summed E-state index contributed by atoms with van der Waals surface area (Å²) in [7, 11) is 8.17. The van der Waals surface area contributed by atoms with Gasteiger partial charge in [-0.3, -0.25) is 4.79 Å². The number of carbonyl (C=O) groups excluding carboxylic acids is 1. The maximum absolute atomic E-state index is 13.2. The van der Waals surface area contributed by atoms with Crippen molar-refractivity contribution in [2.45, 2.75) is 44.6 Å². The Morgan fingerprint density at radius 1 is 0.854 bits per heavy atom. The van der Waals surface area contributed by atoms with Crippen molar-refractivity contribution in [1.29, 1.82) is 0 Å². The van der Waals surface area contributed by atoms with E-state index in [4.69, 9.17) is 32.5 Å². The zero-order valence-electron chi connectivity index (χ0n) is 29.1. The summed E-state index contributed by atoms with van der Waals surface area (Å²) in [5.41, 5.74) is 14.3. The van der Waals surface area contributed by atoms with Crippen LogP contribution < -0.4 is 26.3 Å². The molecule has 0 spiro atoms. The Labute approximate surface area is 291 Å². The van der Waals surface area contributed by atoms with Crippen LogP contribution in [0.3, 0.4) is 0 Å². The van der Waals surface area contributed by atoms with E-state index >= 15 is 0 Å². The first-order chi connectivity index (χ1) is 23.0. The first-order valence-electron chi connectivity index (χ1n) is 17.0. The maximum Gasteiger partial charge on any atom is 0.274 e. The summed E-state index contributed by atoms with van der Waals surface area (Å²) in [4.78, 5) is 25.6. The number of ether oxygens (including phenoxy) is 2. The molecule has 0 bridgehead atoms. The zero-order valence-corrected chi connectivity index (χ0v) is 29.8. The average Bonchev–Trinajstić information content (AvgIpc) is 3.04. The molecular weight excluding hydrogens is 628 g/mol. The van der Waals surface area contributed by atoms with Crippen molar-refractivity contribution >= 4 is 29.1 Å². The molecule has 0 aliphatic carbocycles. The number of piperidine rings is 1. The Morgan fingerprint density at radius 3 is 1.88 bits per heavy atom. The third kappa shape index (κ3) is 11.8. The number of hydrogen-bond donors (Lipinski definition) is 3. The van der Waals surface area contributed by atoms with Crippen LogP contribution in [0.2, 0.25) is 5.15 Å². The van der Waals surface area contributed by atoms with E-state index in [2.05, 4.69) is 73.6 Å². The summed E-state index contributed by atoms with van der Waals surface area (Å²) in [6.07, 6.45) is 5.98. The van der Waals surface area contributed by atoms with E-state index in [9.17, 15) is 4.79 Å². The first-order valence-corrected chi connectivity index (χ1v) is 17.4. The van der Waals surface area contributed by atoms with Gasteiger partial charge < -0.3 is 40.5 Å². The minimum absolute atomic E-state index is 0.0112. The third-order valence-electron chi connectivity index (χ3n) is 8.90. The van der Waals surface area contributed by atoms with Gasteiger partial charge in [-0.1, -0.05) is 35.9 Å². The minimum Gasteiger partial charge on any atom is -0.492 e. The predicted molar refractivity (Wildman–Crippen MR) is 194 cm³/mol. The summed E-state index contributed by atoms with van der Waals surface area (Å²) in [5, 5.41) is 3.16. The summed E-state index contributed by atoms with van der Waals surface area (Å²) < 4.78 is 12.7. The molecule has 48 heavy (non-hydrogen) atoms. The number of anilines is 2. The SMILES string of the molecule is CN(C)CCOc1ccc(CCC[N+]2(CCCc3ccc(OCCN(C)C)cc3)CCC[C@H](NC(=O)c3nc(Cl)c(N)nc3N)C2)cc1. The number of likely N-dealkylation sites (tertiary alicyclic amines) is 1. The molecule has 5 N–H and O–H groups in total. The number of amides is 1. The van der Waals surface area contributed by atoms with Crippen molar-refractivity contribution in [3.05, 3.63) is 70.5 Å². The number of likely N-dealkylation sites (N-methyl/N-ethyl adjacent to an activating group) is 2. The number of benzene rings is 2. The van der Waals surface area contributed by atoms with E-state index in [1.165, 1.54) is 11.1 Å². The maximum atomic E-state index is 13.2. The molecule has 2 aromatic carbocycles. The van der Waals surface area contributed by atoms with Crippen molar-refractivity contribution in [3.8, 4) is 11.5 Å². The molecule has 1 amide bonds. The standard InChI is InChI=1S/C36H53ClN8O3/c1-43(2)19-24-47-30-15-11-27(12-16-30)8-5-21-45(22-6-9-28-13-17-31(18-14-28)48-25-20-44(3)4)23-7-10-29(26-45)40-36(46)32-34(38)42-35(39)33(37)41-32/h11-18,29H,5-10,19-26H2,1-4H3,(H4-,38,39,40,42,46)/p+1/t29-/m0/s1. The van der Waals surface area contributed by atoms with Crippen LogP contribution in [0.25, 0.3) is 0 Å². The van der Waals surface area contributed by atoms with Gasteiger partial charge >= 0.3 is 0 Å². The molecule has 1 aliphatic rings. The average molecular weight is 682 g/mol. The van der Waals surface area contributed by atoms with Crippen molar-refractivity contribution in [3.63, 3.8) is 0 Å². The number of quaternary nitrogens is 1. The van der Waals surface area contributed by atoms with Crippen LogP contribution in [-0.4, -0.2) is 117 Å². The van der Waals surface area contributed by atoms with E-state index in [0.717, 1.165) is 93.8 Å². The number of aromatic nitrogens is 2. The van der Waals surface area contributed by atoms with Gasteiger partial charge in [0.25, 0.3) is 5.91 Å². The fourth-order valence-corrected chi connectivity index (χ4v) is 6.38. The van der Waals surface area contributed by atoms with Gasteiger partial charge in [-0.2, -0.15) is 0 Å². The molecule has 1 fully saturated rings. The van der Waals surface area contributed by atoms with E-state index in [-0.39, 0.29) is 34.4 Å². The van der Waals surface area contributed by atoms with Crippen molar-refractivity contribution in [2.75, 3.05) is 92.1 Å². The van der Waals surface area contributed by atoms with Gasteiger partial charge in [-0.05, 0) is 89.3 Å². The van der Waals surface area contributed by atoms with Gasteiger partial charge in [-0.25, -0.2) is 9.97 Å². The predicted octanol–water partition coefficient (Wildman–Crippen LogP) is 4.15. The number of halogens is 1. The number of nitrogens with one attached hydrogen (secondary N) is 1. The van der Waals surface area contributed by atoms with E-state index in [0.29, 0.717) is 13.2 Å². The van der Waals surface area contributed by atoms with Gasteiger partial charge in [-0.15, -0.1) is 0 Å². The summed E-state index contributed by atoms with van der Waals surface area (Å²) >= 11 is 6.06. The van der Waals surface area contributed by atoms with E-state index in [1.807, 2.05) is 28.2 Å². The van der Waals surface area contributed by atoms with Crippen LogP contribution in [0.5, 0.6) is 11.5 Å². The van der Waals surface area contributed by atoms with Gasteiger partial charge in [0.15, 0.2) is 22.5 Å². The number of nitrogen functional groups attached to an aromatic ring is 2. The number of nitrogens with two attached hydrogens (primary N) is 2. The number of aryl methyl sites for hydroxylation is 2. The van der Waals surface area contributed by atoms with Crippen LogP contribution >= 0.6 is 11.6 Å². The Hall–Kier alpha value is -3.64. The molecule has 0 radical (unpaired) electrons. The molecule has 262 valence electrons. The molecule has 1 atom stereocenters. The second-order valence-electron chi connectivity index (χ2n) is 13.4. The number of carbonyl (C=O) groups is 1. The van der Waals surface area contributed by atoms with Gasteiger partial charge in [0.2, 0.25) is 0 Å². The van der Waals surface area contributed by atoms with Crippen molar-refractivity contribution in [1.82, 2.24) is 25.1 Å². The van der Waals surface area contributed by atoms with Crippen LogP contribution in [0.4, 0.5) is 11.6 Å². The third-order valence-corrected chi connectivity index (χ3v) is 9.18. The van der Waals surface area contributed by atoms with Gasteiger partial charge in [0.1, 0.15) is 24.7 Å². The molecular formula is C36H54ClN8O3+. The van der Waals surface area contributed by atoms with Gasteiger partial charge in [0, 0.05) is 25.9 Å². The molecule has 12 heteroatoms. The van der Waals surface area contributed by atoms with Gasteiger partial charge in [0.05, 0.1) is 32.2 Å². The Morgan fingerprint density at radius 2 is 1.38 bits per heavy atom. The fourth-order valence-electron chi connectivity index (χ4n) is 6.26. The number of nitrogens with zero attached hydrogens (tertiary/aromatic N) is 5. The molecule has 1 aliphatic heterocycles. The lowest BCUT2D eigenvalue weighted by molar-refractivity contribution is -0.933. The Kier molecular flexibility index (Phi) is 14.1. The summed E-state index contributed by atoms with van der Waals surface area (Å²) in [6.45, 7) is 7.09. The van der Waals surface area contributed by atoms with Crippen LogP contribution in [-0.2, 0) is 12.8 Å². The highest BCUT2D eigenvalue weighted by Gasteiger charge is 2.35. The Bertz CT molecular complexity index is 1370. The minimum atomic E-state index is -0.368. The molecule has 4 rings (SSSR count). The number of rotatable bonds is 18. The summed E-state index contributed by atoms with van der Waals surface area (Å²) in [5.74, 6) is 1.43. The van der Waals surface area contributed by atoms with Crippen LogP contribution in [0.1, 0.15) is 47.3 Å². The zero-order chi connectivity index (χ0) is 34.5. The highest BCUT2D eigenvalue weighted by molar-refractivity contribution is 6.31. The lowest BCUT2D eigenvalue weighted by atomic mass is 9.99. The van der Waals surface area contributed by atoms with Crippen LogP contribution in [0.15, 0.2) is 48.5 Å². The van der Waals surface area contributed by atoms with Crippen LogP contribution in [0, 0.1) is 0 Å². The largest absolute Gasteiger partial charge is 0.492 e. The van der Waals surface area contributed by atoms with Crippen molar-refractivity contribution in [2.24, 2.45) is 0 Å². The second kappa shape index (κ2) is 18.2. The first kappa shape index (κ1) is 37.2. The lowest BCUT2D eigenvalue weighted by Crippen LogP contribution is -2.60. The molecule has 3 aromatic rings. The van der Waals surface area contributed by atoms with E-state index in [1.54, 1.807) is 0 Å². The topological polar surface area (TPSA) is 132 Å². The molecule has 1 aromatic heterocycles. The Balaban J connectivity index is 1.38. The molecule has 0 saturated carbocycles. The molecule has 11 nitrogen and oxygen atoms in total. The molecule has 1 saturated heterocycles. The normalized spacial score (nSPS) is 15.9. The summed E-state index contributed by atoms with van der Waals surface area (Å²) in [6, 6.07) is 16.9. The number of hydrogen-bond acceptors (Lipinski definition) is 9. The van der Waals surface area contributed by atoms with Crippen molar-refractivity contribution < 1.29 is 18.8 Å². The monoisotopic (exact) mass is 681 g/mol. The highest BCUT2D eigenvalue weighted by Crippen LogP contribution is 2.25. The lowest BCUT2D eigenvalue weighted by Gasteiger charge is -2.45. The van der Waals surface area contributed by atoms with E-state index < -0.39 is 0 Å². The molecule has 2 heterocycles. The fraction of sp³-hybridized carbons (Fsp3) is 0.528. The quantitative estimate of drug-likeness (QED) is 0.170. The molecule has 0 unspecified atom stereocenters.